The molecule has 0 amide bonds. The lowest BCUT2D eigenvalue weighted by Gasteiger charge is -2.14. The van der Waals surface area contributed by atoms with Crippen LogP contribution in [0.25, 0.3) is 46.4 Å². The maximum absolute atomic E-state index is 6.38. The number of rotatable bonds is 0. The van der Waals surface area contributed by atoms with E-state index in [-0.39, 0.29) is 52.9 Å². The van der Waals surface area contributed by atoms with Gasteiger partial charge in [0.1, 0.15) is 52.9 Å². The maximum Gasteiger partial charge on any atom is 0.162 e. The van der Waals surface area contributed by atoms with Crippen LogP contribution >= 0.6 is 0 Å². The van der Waals surface area contributed by atoms with E-state index in [9.17, 15) is 0 Å². The molecular weight excluding hydrogens is 1550 g/mol. The number of nitrogens with one attached hydrogen (secondary N) is 2. The normalized spacial score (nSPS) is 18.0. The highest BCUT2D eigenvalue weighted by atomic mass is 16.6. The molecule has 2 N–H and O–H groups in total. The first-order chi connectivity index (χ1) is 59.6. The summed E-state index contributed by atoms with van der Waals surface area (Å²) in [6.07, 6.45) is 7.69. The third-order valence-electron chi connectivity index (χ3n) is 18.2. The molecule has 9 heterocycles. The van der Waals surface area contributed by atoms with Crippen LogP contribution in [-0.4, -0.2) is 284 Å². The largest absolute Gasteiger partial charge is 0.487 e. The SMILES string of the molecule is C(#Cc1c2nc(c(C#Cc3ccc4c(c3)OCCOCCOCCOCCOCCO4)c3ccc([nH]3)c(C#Cc3ccc4c(c3)OCCOCCOCCOCCOCCO4)c3ccc([nH]3)c(C#Cc3ccc4c(c3)OCCOCCOCCOCCOCCO4)c3nc1C=C3)C=C2)c1ccc2c(c1)OCCOCCOCCOCCOCCO2. The molecule has 120 heavy (non-hydrogen) atoms. The van der Waals surface area contributed by atoms with Gasteiger partial charge in [-0.15, -0.1) is 0 Å². The second-order valence-electron chi connectivity index (χ2n) is 26.7. The van der Waals surface area contributed by atoms with Crippen LogP contribution in [0.1, 0.15) is 67.3 Å². The van der Waals surface area contributed by atoms with Crippen LogP contribution in [0.4, 0.5) is 0 Å². The lowest BCUT2D eigenvalue weighted by molar-refractivity contribution is -0.00841. The second kappa shape index (κ2) is 50.5. The fraction of sp³-hybridized carbons (Fsp3) is 0.435. The zero-order valence-corrected chi connectivity index (χ0v) is 67.5. The first-order valence-electron chi connectivity index (χ1n) is 40.7. The number of aromatic amines is 2. The van der Waals surface area contributed by atoms with Crippen LogP contribution in [0.5, 0.6) is 46.0 Å². The predicted molar refractivity (Wildman–Crippen MR) is 446 cm³/mol. The molecule has 0 atom stereocenters. The van der Waals surface area contributed by atoms with E-state index in [1.54, 1.807) is 0 Å². The minimum Gasteiger partial charge on any atom is -0.487 e. The second-order valence-corrected chi connectivity index (χ2v) is 26.7. The molecule has 0 spiro atoms. The molecule has 6 aliphatic heterocycles. The Morgan fingerprint density at radius 2 is 0.350 bits per heavy atom. The number of aromatic nitrogens is 4. The van der Waals surface area contributed by atoms with Crippen LogP contribution < -0.4 is 37.9 Å². The summed E-state index contributed by atoms with van der Waals surface area (Å²) in [5, 5.41) is 0. The molecule has 0 saturated carbocycles. The number of nitrogens with zero attached hydrogens (tertiary/aromatic N) is 2. The molecule has 13 rings (SSSR count). The Hall–Kier alpha value is -10.5. The van der Waals surface area contributed by atoms with Crippen molar-refractivity contribution in [1.82, 2.24) is 19.9 Å². The van der Waals surface area contributed by atoms with Crippen LogP contribution in [0, 0.1) is 47.4 Å². The third-order valence-corrected chi connectivity index (χ3v) is 18.2. The van der Waals surface area contributed by atoms with E-state index in [4.69, 9.17) is 124 Å². The summed E-state index contributed by atoms with van der Waals surface area (Å²) in [6.45, 7) is 14.8. The van der Waals surface area contributed by atoms with Crippen LogP contribution in [-0.2, 0) is 75.8 Å². The standard InChI is InChI=1S/C92H102N4O24/c1(69-5-21-85-89(65-69)117-61-53-109-45-37-101-29-25-97-33-41-105-49-57-113-85)9-73-77-13-15-79(93-77)74(10-2-70-6-22-86-90(66-70)118-62-54-110-46-38-102-30-26-98-34-42-106-50-58-114-86)81-17-19-83(95-81)76(12-4-72-8-24-88-92(68-72)120-64-56-112-48-40-104-32-28-100-36-44-108-52-60-116-88)84-20-18-82(96-84)75(80-16-14-78(73)94-80)11-3-71-7-23-87-91(67-71)119-63-55-111-47-39-103-31-27-99-35-43-107-51-59-115-87/h5-8,13-24,65-68,93-94H,25-64H2. The predicted octanol–water partition coefficient (Wildman–Crippen LogP) is 9.61. The van der Waals surface area contributed by atoms with Gasteiger partial charge in [0.25, 0.3) is 0 Å². The third kappa shape index (κ3) is 28.9. The zero-order chi connectivity index (χ0) is 81.7. The highest BCUT2D eigenvalue weighted by molar-refractivity contribution is 5.88. The van der Waals surface area contributed by atoms with Gasteiger partial charge in [-0.1, -0.05) is 47.4 Å². The molecule has 28 heteroatoms. The van der Waals surface area contributed by atoms with Gasteiger partial charge in [0.2, 0.25) is 0 Å². The van der Waals surface area contributed by atoms with E-state index < -0.39 is 0 Å². The van der Waals surface area contributed by atoms with E-state index in [0.29, 0.717) is 347 Å². The summed E-state index contributed by atoms with van der Waals surface area (Å²) >= 11 is 0. The molecule has 0 radical (unpaired) electrons. The van der Waals surface area contributed by atoms with Crippen LogP contribution in [0.3, 0.4) is 0 Å². The van der Waals surface area contributed by atoms with Gasteiger partial charge in [0, 0.05) is 22.3 Å². The van der Waals surface area contributed by atoms with Gasteiger partial charge in [0.15, 0.2) is 46.0 Å². The minimum atomic E-state index is 0.232. The van der Waals surface area contributed by atoms with Gasteiger partial charge < -0.3 is 124 Å². The zero-order valence-electron chi connectivity index (χ0n) is 67.5. The molecule has 634 valence electrons. The van der Waals surface area contributed by atoms with Crippen molar-refractivity contribution in [2.45, 2.75) is 0 Å². The summed E-state index contributed by atoms with van der Waals surface area (Å²) in [7, 11) is 0. The van der Waals surface area contributed by atoms with E-state index in [2.05, 4.69) is 57.3 Å². The maximum atomic E-state index is 6.38. The molecule has 0 aliphatic carbocycles. The van der Waals surface area contributed by atoms with E-state index in [1.807, 2.05) is 121 Å². The average molecular weight is 1650 g/mol. The Morgan fingerprint density at radius 3 is 0.575 bits per heavy atom. The van der Waals surface area contributed by atoms with Crippen molar-refractivity contribution in [3.05, 3.63) is 164 Å². The number of hydrogen-bond acceptors (Lipinski definition) is 26. The van der Waals surface area contributed by atoms with Gasteiger partial charge in [-0.3, -0.25) is 0 Å². The summed E-state index contributed by atoms with van der Waals surface area (Å²) in [4.78, 5) is 18.4. The van der Waals surface area contributed by atoms with E-state index in [0.717, 1.165) is 0 Å². The molecule has 6 aliphatic rings. The van der Waals surface area contributed by atoms with Crippen LogP contribution in [0.2, 0.25) is 0 Å². The minimum absolute atomic E-state index is 0.232. The van der Waals surface area contributed by atoms with Crippen molar-refractivity contribution < 1.29 is 114 Å². The Bertz CT molecular complexity index is 4720. The van der Waals surface area contributed by atoms with Crippen molar-refractivity contribution in [3.8, 4) is 93.4 Å². The summed E-state index contributed by atoms with van der Waals surface area (Å²) in [5.41, 5.74) is 9.31. The smallest absolute Gasteiger partial charge is 0.162 e. The van der Waals surface area contributed by atoms with Crippen molar-refractivity contribution in [2.24, 2.45) is 0 Å². The summed E-state index contributed by atoms with van der Waals surface area (Å²) in [6, 6.07) is 30.2. The first kappa shape index (κ1) is 87.3. The molecule has 3 aromatic heterocycles. The number of fused-ring (bicyclic) bond motifs is 12. The van der Waals surface area contributed by atoms with Crippen molar-refractivity contribution in [2.75, 3.05) is 264 Å². The first-order valence-corrected chi connectivity index (χ1v) is 40.7. The molecule has 8 bridgehead atoms. The Labute approximate surface area is 698 Å². The van der Waals surface area contributed by atoms with Gasteiger partial charge in [-0.25, -0.2) is 9.97 Å². The lowest BCUT2D eigenvalue weighted by Crippen LogP contribution is -2.16. The van der Waals surface area contributed by atoms with Gasteiger partial charge >= 0.3 is 0 Å². The molecule has 28 nitrogen and oxygen atoms in total. The van der Waals surface area contributed by atoms with Crippen LogP contribution in [0.15, 0.2) is 97.1 Å². The summed E-state index contributed by atoms with van der Waals surface area (Å²) in [5.74, 6) is 32.0. The monoisotopic (exact) mass is 1650 g/mol. The fourth-order valence-corrected chi connectivity index (χ4v) is 12.3. The fourth-order valence-electron chi connectivity index (χ4n) is 12.3. The molecule has 0 unspecified atom stereocenters. The number of H-pyrrole nitrogens is 2. The Balaban J connectivity index is 0.951. The average Bonchev–Trinajstić information content (AvgIpc) is 1.63. The quantitative estimate of drug-likeness (QED) is 0.134. The van der Waals surface area contributed by atoms with Crippen molar-refractivity contribution >= 4 is 46.4 Å². The van der Waals surface area contributed by atoms with Gasteiger partial charge in [0.05, 0.1) is 279 Å². The highest BCUT2D eigenvalue weighted by Crippen LogP contribution is 2.34. The molecule has 4 aromatic carbocycles. The molecule has 0 fully saturated rings. The Morgan fingerprint density at radius 1 is 0.175 bits per heavy atom. The number of benzene rings is 4. The molecule has 7 aromatic rings. The summed E-state index contributed by atoms with van der Waals surface area (Å²) < 4.78 is 143. The Kier molecular flexibility index (Phi) is 36.8. The molecular formula is C92H102N4O24. The molecule has 0 saturated heterocycles. The van der Waals surface area contributed by atoms with E-state index >= 15 is 0 Å². The number of hydrogen-bond donors (Lipinski definition) is 2. The highest BCUT2D eigenvalue weighted by Gasteiger charge is 2.19. The van der Waals surface area contributed by atoms with Gasteiger partial charge in [-0.05, 0) is 121 Å². The number of ether oxygens (including phenoxy) is 24. The lowest BCUT2D eigenvalue weighted by atomic mass is 10.1. The van der Waals surface area contributed by atoms with Gasteiger partial charge in [-0.2, -0.15) is 0 Å². The topological polar surface area (TPSA) is 279 Å². The van der Waals surface area contributed by atoms with E-state index in [1.165, 1.54) is 0 Å². The van der Waals surface area contributed by atoms with Crippen molar-refractivity contribution in [1.29, 1.82) is 0 Å². The van der Waals surface area contributed by atoms with Crippen molar-refractivity contribution in [3.63, 3.8) is 0 Å².